The van der Waals surface area contributed by atoms with Crippen LogP contribution in [0.5, 0.6) is 0 Å². The van der Waals surface area contributed by atoms with Crippen molar-refractivity contribution in [3.05, 3.63) is 17.5 Å². The maximum atomic E-state index is 11.5. The zero-order chi connectivity index (χ0) is 14.2. The molecular weight excluding hydrogens is 242 g/mol. The summed E-state index contributed by atoms with van der Waals surface area (Å²) in [7, 11) is 0. The van der Waals surface area contributed by atoms with Gasteiger partial charge in [-0.3, -0.25) is 0 Å². The standard InChI is InChI=1S/C14H21N3O2/c1-9(2)11-8-10(3)15-13(16-11)17-7-5-6-14(17,4)12(18)19/h8-9H,5-7H2,1-4H3,(H,18,19). The molecule has 2 rings (SSSR count). The van der Waals surface area contributed by atoms with Crippen molar-refractivity contribution in [2.45, 2.75) is 52.0 Å². The molecule has 104 valence electrons. The van der Waals surface area contributed by atoms with Gasteiger partial charge in [-0.05, 0) is 38.7 Å². The van der Waals surface area contributed by atoms with Crippen molar-refractivity contribution >= 4 is 11.9 Å². The van der Waals surface area contributed by atoms with Gasteiger partial charge in [0.05, 0.1) is 0 Å². The number of nitrogens with zero attached hydrogens (tertiary/aromatic N) is 3. The second kappa shape index (κ2) is 4.79. The van der Waals surface area contributed by atoms with E-state index in [-0.39, 0.29) is 0 Å². The van der Waals surface area contributed by atoms with Crippen molar-refractivity contribution in [2.24, 2.45) is 0 Å². The summed E-state index contributed by atoms with van der Waals surface area (Å²) in [5.41, 5.74) is 0.956. The first kappa shape index (κ1) is 13.8. The minimum atomic E-state index is -0.887. The Morgan fingerprint density at radius 1 is 1.47 bits per heavy atom. The molecule has 1 saturated heterocycles. The van der Waals surface area contributed by atoms with E-state index in [4.69, 9.17) is 0 Å². The fourth-order valence-electron chi connectivity index (χ4n) is 2.50. The fraction of sp³-hybridized carbons (Fsp3) is 0.643. The summed E-state index contributed by atoms with van der Waals surface area (Å²) < 4.78 is 0. The molecule has 2 heterocycles. The minimum Gasteiger partial charge on any atom is -0.480 e. The van der Waals surface area contributed by atoms with Gasteiger partial charge in [-0.1, -0.05) is 13.8 Å². The van der Waals surface area contributed by atoms with Gasteiger partial charge < -0.3 is 10.0 Å². The van der Waals surface area contributed by atoms with E-state index in [1.807, 2.05) is 17.9 Å². The van der Waals surface area contributed by atoms with E-state index in [1.165, 1.54) is 0 Å². The normalized spacial score (nSPS) is 23.1. The highest BCUT2D eigenvalue weighted by atomic mass is 16.4. The van der Waals surface area contributed by atoms with Gasteiger partial charge in [-0.2, -0.15) is 0 Å². The Morgan fingerprint density at radius 2 is 2.16 bits per heavy atom. The van der Waals surface area contributed by atoms with Crippen LogP contribution in [0.25, 0.3) is 0 Å². The van der Waals surface area contributed by atoms with Crippen LogP contribution in [0.4, 0.5) is 5.95 Å². The van der Waals surface area contributed by atoms with E-state index >= 15 is 0 Å². The van der Waals surface area contributed by atoms with Crippen molar-refractivity contribution in [3.63, 3.8) is 0 Å². The third-order valence-corrected chi connectivity index (χ3v) is 3.80. The van der Waals surface area contributed by atoms with Crippen molar-refractivity contribution in [1.29, 1.82) is 0 Å². The van der Waals surface area contributed by atoms with Crippen LogP contribution in [0, 0.1) is 6.92 Å². The van der Waals surface area contributed by atoms with Crippen molar-refractivity contribution < 1.29 is 9.90 Å². The van der Waals surface area contributed by atoms with Gasteiger partial charge >= 0.3 is 5.97 Å². The summed E-state index contributed by atoms with van der Waals surface area (Å²) in [5.74, 6) is 0.0476. The maximum Gasteiger partial charge on any atom is 0.329 e. The van der Waals surface area contributed by atoms with E-state index in [1.54, 1.807) is 6.92 Å². The van der Waals surface area contributed by atoms with Crippen LogP contribution in [-0.4, -0.2) is 33.1 Å². The van der Waals surface area contributed by atoms with Gasteiger partial charge in [-0.25, -0.2) is 14.8 Å². The molecule has 0 aromatic carbocycles. The van der Waals surface area contributed by atoms with Gasteiger partial charge in [0.15, 0.2) is 0 Å². The van der Waals surface area contributed by atoms with Crippen LogP contribution in [0.15, 0.2) is 6.07 Å². The molecule has 1 aliphatic rings. The fourth-order valence-corrected chi connectivity index (χ4v) is 2.50. The van der Waals surface area contributed by atoms with Crippen LogP contribution in [0.1, 0.15) is 50.9 Å². The number of rotatable bonds is 3. The first-order chi connectivity index (χ1) is 8.84. The van der Waals surface area contributed by atoms with Gasteiger partial charge in [0.2, 0.25) is 5.95 Å². The second-order valence-electron chi connectivity index (χ2n) is 5.72. The molecular formula is C14H21N3O2. The molecule has 5 nitrogen and oxygen atoms in total. The summed E-state index contributed by atoms with van der Waals surface area (Å²) in [5, 5.41) is 9.45. The largest absolute Gasteiger partial charge is 0.480 e. The van der Waals surface area contributed by atoms with E-state index in [0.717, 1.165) is 17.8 Å². The van der Waals surface area contributed by atoms with Crippen molar-refractivity contribution in [1.82, 2.24) is 9.97 Å². The minimum absolute atomic E-state index is 0.305. The quantitative estimate of drug-likeness (QED) is 0.906. The second-order valence-corrected chi connectivity index (χ2v) is 5.72. The molecule has 0 amide bonds. The smallest absolute Gasteiger partial charge is 0.329 e. The number of hydrogen-bond acceptors (Lipinski definition) is 4. The molecule has 1 aromatic rings. The average molecular weight is 263 g/mol. The van der Waals surface area contributed by atoms with Crippen LogP contribution in [0.3, 0.4) is 0 Å². The molecule has 5 heteroatoms. The first-order valence-electron chi connectivity index (χ1n) is 6.71. The number of aliphatic carboxylic acids is 1. The number of carboxylic acid groups (broad SMARTS) is 1. The lowest BCUT2D eigenvalue weighted by molar-refractivity contribution is -0.142. The summed E-state index contributed by atoms with van der Waals surface area (Å²) >= 11 is 0. The van der Waals surface area contributed by atoms with Gasteiger partial charge in [0.1, 0.15) is 5.54 Å². The zero-order valence-corrected chi connectivity index (χ0v) is 12.0. The highest BCUT2D eigenvalue weighted by Gasteiger charge is 2.44. The third-order valence-electron chi connectivity index (χ3n) is 3.80. The summed E-state index contributed by atoms with van der Waals surface area (Å²) in [6, 6.07) is 1.96. The Morgan fingerprint density at radius 3 is 2.74 bits per heavy atom. The lowest BCUT2D eigenvalue weighted by atomic mass is 10.00. The number of hydrogen-bond donors (Lipinski definition) is 1. The Balaban J connectivity index is 2.44. The predicted octanol–water partition coefficient (Wildman–Crippen LogP) is 2.35. The molecule has 0 saturated carbocycles. The molecule has 1 fully saturated rings. The Labute approximate surface area is 113 Å². The zero-order valence-electron chi connectivity index (χ0n) is 12.0. The lowest BCUT2D eigenvalue weighted by Crippen LogP contribution is -2.49. The number of carbonyl (C=O) groups is 1. The van der Waals surface area contributed by atoms with Crippen molar-refractivity contribution in [3.8, 4) is 0 Å². The molecule has 19 heavy (non-hydrogen) atoms. The molecule has 0 spiro atoms. The molecule has 0 aliphatic carbocycles. The predicted molar refractivity (Wildman–Crippen MR) is 73.5 cm³/mol. The highest BCUT2D eigenvalue weighted by Crippen LogP contribution is 2.33. The molecule has 1 atom stereocenters. The van der Waals surface area contributed by atoms with Crippen LogP contribution >= 0.6 is 0 Å². The monoisotopic (exact) mass is 263 g/mol. The average Bonchev–Trinajstić information content (AvgIpc) is 2.72. The number of aromatic nitrogens is 2. The van der Waals surface area contributed by atoms with E-state index in [2.05, 4.69) is 23.8 Å². The number of carboxylic acids is 1. The molecule has 1 N–H and O–H groups in total. The Kier molecular flexibility index (Phi) is 3.47. The SMILES string of the molecule is Cc1cc(C(C)C)nc(N2CCCC2(C)C(=O)O)n1. The molecule has 0 radical (unpaired) electrons. The maximum absolute atomic E-state index is 11.5. The van der Waals surface area contributed by atoms with Crippen LogP contribution in [0.2, 0.25) is 0 Å². The third kappa shape index (κ3) is 2.41. The highest BCUT2D eigenvalue weighted by molar-refractivity contribution is 5.83. The van der Waals surface area contributed by atoms with Crippen LogP contribution < -0.4 is 4.90 Å². The molecule has 1 aromatic heterocycles. The van der Waals surface area contributed by atoms with Crippen molar-refractivity contribution in [2.75, 3.05) is 11.4 Å². The Bertz CT molecular complexity index is 501. The van der Waals surface area contributed by atoms with Gasteiger partial charge in [0.25, 0.3) is 0 Å². The lowest BCUT2D eigenvalue weighted by Gasteiger charge is -2.31. The molecule has 0 bridgehead atoms. The molecule has 1 unspecified atom stereocenters. The van der Waals surface area contributed by atoms with E-state index in [9.17, 15) is 9.90 Å². The first-order valence-corrected chi connectivity index (χ1v) is 6.71. The number of aryl methyl sites for hydroxylation is 1. The van der Waals surface area contributed by atoms with Crippen LogP contribution in [-0.2, 0) is 4.79 Å². The summed E-state index contributed by atoms with van der Waals surface area (Å²) in [6.07, 6.45) is 1.49. The van der Waals surface area contributed by atoms with E-state index in [0.29, 0.717) is 24.8 Å². The number of anilines is 1. The van der Waals surface area contributed by atoms with Gasteiger partial charge in [0, 0.05) is 17.9 Å². The molecule has 1 aliphatic heterocycles. The Hall–Kier alpha value is -1.65. The van der Waals surface area contributed by atoms with E-state index < -0.39 is 11.5 Å². The summed E-state index contributed by atoms with van der Waals surface area (Å²) in [6.45, 7) is 8.52. The topological polar surface area (TPSA) is 66.3 Å². The summed E-state index contributed by atoms with van der Waals surface area (Å²) in [4.78, 5) is 22.3. The van der Waals surface area contributed by atoms with Gasteiger partial charge in [-0.15, -0.1) is 0 Å².